The normalized spacial score (nSPS) is 11.8. The Kier molecular flexibility index (Phi) is 9.42. The molecule has 0 amide bonds. The molecule has 1 aromatic heterocycles. The Morgan fingerprint density at radius 1 is 1.20 bits per heavy atom. The molecule has 0 aliphatic heterocycles. The van der Waals surface area contributed by atoms with Crippen LogP contribution in [0.2, 0.25) is 0 Å². The van der Waals surface area contributed by atoms with Crippen molar-refractivity contribution in [3.8, 4) is 0 Å². The van der Waals surface area contributed by atoms with E-state index >= 15 is 0 Å². The third kappa shape index (κ3) is 6.93. The van der Waals surface area contributed by atoms with Crippen LogP contribution in [0.15, 0.2) is 40.7 Å². The zero-order valence-corrected chi connectivity index (χ0v) is 18.7. The Hall–Kier alpha value is -1.15. The summed E-state index contributed by atoms with van der Waals surface area (Å²) in [5, 5.41) is 10.2. The summed E-state index contributed by atoms with van der Waals surface area (Å²) in [4.78, 5) is 8.91. The van der Waals surface area contributed by atoms with Gasteiger partial charge in [0.1, 0.15) is 0 Å². The van der Waals surface area contributed by atoms with E-state index in [9.17, 15) is 0 Å². The SMILES string of the molecule is CCc1nc(CCNC(=NC)NCC(C)(C)c2ccccc2)cs1.I. The molecule has 1 heterocycles. The highest BCUT2D eigenvalue weighted by Gasteiger charge is 2.20. The lowest BCUT2D eigenvalue weighted by atomic mass is 9.85. The topological polar surface area (TPSA) is 49.3 Å². The molecule has 6 heteroatoms. The van der Waals surface area contributed by atoms with E-state index in [2.05, 4.69) is 77.1 Å². The first-order valence-electron chi connectivity index (χ1n) is 8.48. The van der Waals surface area contributed by atoms with Gasteiger partial charge >= 0.3 is 0 Å². The molecule has 138 valence electrons. The Labute approximate surface area is 172 Å². The van der Waals surface area contributed by atoms with Gasteiger partial charge in [-0.25, -0.2) is 4.98 Å². The van der Waals surface area contributed by atoms with Gasteiger partial charge < -0.3 is 10.6 Å². The van der Waals surface area contributed by atoms with Crippen LogP contribution in [0.5, 0.6) is 0 Å². The highest BCUT2D eigenvalue weighted by Crippen LogP contribution is 2.21. The summed E-state index contributed by atoms with van der Waals surface area (Å²) in [7, 11) is 1.81. The number of nitrogens with one attached hydrogen (secondary N) is 2. The van der Waals surface area contributed by atoms with Crippen LogP contribution in [-0.2, 0) is 18.3 Å². The average molecular weight is 472 g/mol. The number of benzene rings is 1. The highest BCUT2D eigenvalue weighted by atomic mass is 127. The molecule has 0 aliphatic rings. The maximum atomic E-state index is 4.59. The zero-order chi connectivity index (χ0) is 17.4. The molecular weight excluding hydrogens is 443 g/mol. The van der Waals surface area contributed by atoms with Gasteiger partial charge in [-0.15, -0.1) is 35.3 Å². The van der Waals surface area contributed by atoms with Crippen molar-refractivity contribution in [2.45, 2.75) is 39.0 Å². The minimum Gasteiger partial charge on any atom is -0.356 e. The first-order valence-corrected chi connectivity index (χ1v) is 9.36. The van der Waals surface area contributed by atoms with Crippen molar-refractivity contribution >= 4 is 41.3 Å². The summed E-state index contributed by atoms with van der Waals surface area (Å²) >= 11 is 1.74. The predicted octanol–water partition coefficient (Wildman–Crippen LogP) is 4.01. The second-order valence-corrected chi connectivity index (χ2v) is 7.38. The second kappa shape index (κ2) is 10.8. The van der Waals surface area contributed by atoms with E-state index in [-0.39, 0.29) is 29.4 Å². The molecule has 2 N–H and O–H groups in total. The maximum absolute atomic E-state index is 4.59. The van der Waals surface area contributed by atoms with E-state index in [0.717, 1.165) is 37.6 Å². The number of aliphatic imine (C=N–C) groups is 1. The Morgan fingerprint density at radius 2 is 1.92 bits per heavy atom. The van der Waals surface area contributed by atoms with Crippen LogP contribution in [0.25, 0.3) is 0 Å². The Balaban J connectivity index is 0.00000312. The van der Waals surface area contributed by atoms with Crippen LogP contribution in [-0.4, -0.2) is 31.1 Å². The molecule has 0 saturated heterocycles. The van der Waals surface area contributed by atoms with Crippen molar-refractivity contribution in [2.75, 3.05) is 20.1 Å². The standard InChI is InChI=1S/C19H28N4S.HI/c1-5-17-23-16(13-24-17)11-12-21-18(20-4)22-14-19(2,3)15-9-7-6-8-10-15;/h6-10,13H,5,11-12,14H2,1-4H3,(H2,20,21,22);1H. The molecule has 25 heavy (non-hydrogen) atoms. The lowest BCUT2D eigenvalue weighted by Gasteiger charge is -2.26. The van der Waals surface area contributed by atoms with Gasteiger partial charge in [0.05, 0.1) is 10.7 Å². The van der Waals surface area contributed by atoms with Gasteiger partial charge in [0.2, 0.25) is 0 Å². The minimum atomic E-state index is 0. The van der Waals surface area contributed by atoms with Crippen molar-refractivity contribution in [1.29, 1.82) is 0 Å². The molecule has 2 rings (SSSR count). The fourth-order valence-electron chi connectivity index (χ4n) is 2.45. The predicted molar refractivity (Wildman–Crippen MR) is 119 cm³/mol. The molecule has 0 spiro atoms. The van der Waals surface area contributed by atoms with Crippen molar-refractivity contribution < 1.29 is 0 Å². The van der Waals surface area contributed by atoms with E-state index in [4.69, 9.17) is 0 Å². The molecule has 1 aromatic carbocycles. The van der Waals surface area contributed by atoms with Gasteiger partial charge in [-0.05, 0) is 12.0 Å². The first-order chi connectivity index (χ1) is 11.5. The van der Waals surface area contributed by atoms with Gasteiger partial charge in [0.25, 0.3) is 0 Å². The molecule has 0 saturated carbocycles. The van der Waals surface area contributed by atoms with Crippen LogP contribution in [0.1, 0.15) is 37.0 Å². The molecule has 4 nitrogen and oxygen atoms in total. The van der Waals surface area contributed by atoms with Crippen molar-refractivity contribution in [2.24, 2.45) is 4.99 Å². The number of halogens is 1. The summed E-state index contributed by atoms with van der Waals surface area (Å²) in [6.45, 7) is 8.28. The number of thiazole rings is 1. The van der Waals surface area contributed by atoms with Crippen molar-refractivity contribution in [3.63, 3.8) is 0 Å². The number of aromatic nitrogens is 1. The Morgan fingerprint density at radius 3 is 2.52 bits per heavy atom. The van der Waals surface area contributed by atoms with E-state index < -0.39 is 0 Å². The summed E-state index contributed by atoms with van der Waals surface area (Å²) in [6.07, 6.45) is 1.93. The number of rotatable bonds is 7. The van der Waals surface area contributed by atoms with Crippen molar-refractivity contribution in [3.05, 3.63) is 52.0 Å². The van der Waals surface area contributed by atoms with Gasteiger partial charge in [-0.2, -0.15) is 0 Å². The fraction of sp³-hybridized carbons (Fsp3) is 0.474. The molecule has 0 atom stereocenters. The fourth-order valence-corrected chi connectivity index (χ4v) is 3.23. The Bertz CT molecular complexity index is 652. The number of hydrogen-bond donors (Lipinski definition) is 2. The summed E-state index contributed by atoms with van der Waals surface area (Å²) < 4.78 is 0. The molecule has 2 aromatic rings. The molecule has 0 fully saturated rings. The third-order valence-electron chi connectivity index (χ3n) is 4.05. The molecule has 0 unspecified atom stereocenters. The number of aryl methyl sites for hydroxylation is 1. The summed E-state index contributed by atoms with van der Waals surface area (Å²) in [5.74, 6) is 0.838. The monoisotopic (exact) mass is 472 g/mol. The lowest BCUT2D eigenvalue weighted by Crippen LogP contribution is -2.44. The first kappa shape index (κ1) is 21.9. The highest BCUT2D eigenvalue weighted by molar-refractivity contribution is 14.0. The summed E-state index contributed by atoms with van der Waals surface area (Å²) in [5.41, 5.74) is 2.52. The molecular formula is C19H29IN4S. The van der Waals surface area contributed by atoms with E-state index in [0.29, 0.717) is 0 Å². The molecule has 0 aliphatic carbocycles. The molecule has 0 bridgehead atoms. The maximum Gasteiger partial charge on any atom is 0.191 e. The molecule has 0 radical (unpaired) electrons. The number of guanidine groups is 1. The van der Waals surface area contributed by atoms with Gasteiger partial charge in [-0.1, -0.05) is 51.1 Å². The van der Waals surface area contributed by atoms with Gasteiger partial charge in [0, 0.05) is 37.4 Å². The smallest absolute Gasteiger partial charge is 0.191 e. The van der Waals surface area contributed by atoms with E-state index in [1.165, 1.54) is 10.6 Å². The van der Waals surface area contributed by atoms with Crippen LogP contribution in [0.4, 0.5) is 0 Å². The third-order valence-corrected chi connectivity index (χ3v) is 5.09. The van der Waals surface area contributed by atoms with Crippen LogP contribution in [0, 0.1) is 0 Å². The van der Waals surface area contributed by atoms with Crippen LogP contribution in [0.3, 0.4) is 0 Å². The minimum absolute atomic E-state index is 0. The van der Waals surface area contributed by atoms with Gasteiger partial charge in [0.15, 0.2) is 5.96 Å². The van der Waals surface area contributed by atoms with Crippen molar-refractivity contribution in [1.82, 2.24) is 15.6 Å². The van der Waals surface area contributed by atoms with E-state index in [1.54, 1.807) is 11.3 Å². The summed E-state index contributed by atoms with van der Waals surface area (Å²) in [6, 6.07) is 10.6. The largest absolute Gasteiger partial charge is 0.356 e. The zero-order valence-electron chi connectivity index (χ0n) is 15.5. The number of hydrogen-bond acceptors (Lipinski definition) is 3. The van der Waals surface area contributed by atoms with E-state index in [1.807, 2.05) is 7.05 Å². The quantitative estimate of drug-likeness (QED) is 0.364. The lowest BCUT2D eigenvalue weighted by molar-refractivity contribution is 0.508. The second-order valence-electron chi connectivity index (χ2n) is 6.44. The van der Waals surface area contributed by atoms with Gasteiger partial charge in [-0.3, -0.25) is 4.99 Å². The van der Waals surface area contributed by atoms with Crippen LogP contribution < -0.4 is 10.6 Å². The average Bonchev–Trinajstić information content (AvgIpc) is 3.06. The van der Waals surface area contributed by atoms with Crippen LogP contribution >= 0.6 is 35.3 Å². The number of nitrogens with zero attached hydrogens (tertiary/aromatic N) is 2.